The van der Waals surface area contributed by atoms with Crippen molar-refractivity contribution in [2.75, 3.05) is 0 Å². The van der Waals surface area contributed by atoms with Crippen molar-refractivity contribution >= 4 is 11.8 Å². The van der Waals surface area contributed by atoms with Gasteiger partial charge in [-0.2, -0.15) is 0 Å². The molecule has 1 heterocycles. The van der Waals surface area contributed by atoms with Crippen molar-refractivity contribution in [3.63, 3.8) is 0 Å². The second-order valence-electron chi connectivity index (χ2n) is 5.23. The van der Waals surface area contributed by atoms with E-state index in [1.54, 1.807) is 12.1 Å². The number of esters is 1. The minimum Gasteiger partial charge on any atom is -0.460 e. The molecule has 1 rings (SSSR count). The molecule has 122 valence electrons. The number of hydrogen-bond acceptors (Lipinski definition) is 5. The summed E-state index contributed by atoms with van der Waals surface area (Å²) in [6, 6.07) is 3.27. The van der Waals surface area contributed by atoms with Gasteiger partial charge in [0.25, 0.3) is 0 Å². The van der Waals surface area contributed by atoms with E-state index in [2.05, 4.69) is 13.5 Å². The molecule has 1 aromatic rings. The molecule has 1 N–H and O–H groups in total. The molecule has 0 aromatic carbocycles. The molecule has 0 radical (unpaired) electrons. The largest absolute Gasteiger partial charge is 0.460 e. The molecule has 0 aliphatic rings. The van der Waals surface area contributed by atoms with E-state index in [1.165, 1.54) is 6.92 Å². The predicted octanol–water partition coefficient (Wildman–Crippen LogP) is 3.47. The zero-order valence-electron chi connectivity index (χ0n) is 13.3. The number of aliphatic hydroxyl groups is 1. The van der Waals surface area contributed by atoms with Gasteiger partial charge < -0.3 is 14.3 Å². The normalized spacial score (nSPS) is 12.0. The minimum absolute atomic E-state index is 0.0143. The van der Waals surface area contributed by atoms with E-state index in [-0.39, 0.29) is 18.8 Å². The molecule has 5 heteroatoms. The summed E-state index contributed by atoms with van der Waals surface area (Å²) < 4.78 is 10.6. The van der Waals surface area contributed by atoms with Gasteiger partial charge in [-0.25, -0.2) is 0 Å². The van der Waals surface area contributed by atoms with Crippen LogP contribution in [0.15, 0.2) is 28.7 Å². The van der Waals surface area contributed by atoms with E-state index in [1.807, 2.05) is 0 Å². The van der Waals surface area contributed by atoms with E-state index in [4.69, 9.17) is 14.3 Å². The predicted molar refractivity (Wildman–Crippen MR) is 82.0 cm³/mol. The SMILES string of the molecule is C=C(CCCC)C(=O)CC[C@@H](OC(C)=O)c1ccc(CO)o1. The van der Waals surface area contributed by atoms with Gasteiger partial charge in [0.2, 0.25) is 0 Å². The summed E-state index contributed by atoms with van der Waals surface area (Å²) in [4.78, 5) is 23.2. The number of ketones is 1. The summed E-state index contributed by atoms with van der Waals surface area (Å²) in [5.74, 6) is 0.376. The Kier molecular flexibility index (Phi) is 7.60. The average Bonchev–Trinajstić information content (AvgIpc) is 2.97. The van der Waals surface area contributed by atoms with Crippen molar-refractivity contribution < 1.29 is 23.8 Å². The van der Waals surface area contributed by atoms with Crippen LogP contribution in [0.3, 0.4) is 0 Å². The highest BCUT2D eigenvalue weighted by Crippen LogP contribution is 2.26. The smallest absolute Gasteiger partial charge is 0.303 e. The minimum atomic E-state index is -0.624. The fourth-order valence-electron chi connectivity index (χ4n) is 2.08. The Labute approximate surface area is 131 Å². The van der Waals surface area contributed by atoms with E-state index in [9.17, 15) is 9.59 Å². The molecular formula is C17H24O5. The van der Waals surface area contributed by atoms with Crippen molar-refractivity contribution in [1.29, 1.82) is 0 Å². The van der Waals surface area contributed by atoms with Crippen molar-refractivity contribution in [2.45, 2.75) is 58.7 Å². The van der Waals surface area contributed by atoms with Gasteiger partial charge in [-0.05, 0) is 37.0 Å². The monoisotopic (exact) mass is 308 g/mol. The van der Waals surface area contributed by atoms with Crippen LogP contribution >= 0.6 is 0 Å². The van der Waals surface area contributed by atoms with Gasteiger partial charge in [-0.15, -0.1) is 0 Å². The molecule has 0 fully saturated rings. The Balaban J connectivity index is 2.63. The van der Waals surface area contributed by atoms with Gasteiger partial charge in [0, 0.05) is 13.3 Å². The molecule has 0 aliphatic heterocycles. The Morgan fingerprint density at radius 2 is 2.09 bits per heavy atom. The first-order chi connectivity index (χ1) is 10.5. The van der Waals surface area contributed by atoms with E-state index < -0.39 is 12.1 Å². The quantitative estimate of drug-likeness (QED) is 0.529. The van der Waals surface area contributed by atoms with Gasteiger partial charge >= 0.3 is 5.97 Å². The van der Waals surface area contributed by atoms with Crippen LogP contribution in [-0.4, -0.2) is 16.9 Å². The topological polar surface area (TPSA) is 76.7 Å². The molecule has 0 saturated heterocycles. The van der Waals surface area contributed by atoms with Crippen LogP contribution in [0.4, 0.5) is 0 Å². The highest BCUT2D eigenvalue weighted by atomic mass is 16.6. The van der Waals surface area contributed by atoms with Crippen molar-refractivity contribution in [2.24, 2.45) is 0 Å². The van der Waals surface area contributed by atoms with E-state index in [0.717, 1.165) is 12.8 Å². The van der Waals surface area contributed by atoms with Crippen molar-refractivity contribution in [3.05, 3.63) is 35.8 Å². The summed E-state index contributed by atoms with van der Waals surface area (Å²) in [5.41, 5.74) is 0.610. The number of Topliss-reactive ketones (excluding diaryl/α,β-unsaturated/α-hetero) is 1. The fraction of sp³-hybridized carbons (Fsp3) is 0.529. The second kappa shape index (κ2) is 9.20. The van der Waals surface area contributed by atoms with Crippen LogP contribution in [0.2, 0.25) is 0 Å². The molecule has 0 amide bonds. The summed E-state index contributed by atoms with van der Waals surface area (Å²) in [5, 5.41) is 9.02. The maximum absolute atomic E-state index is 12.0. The first-order valence-electron chi connectivity index (χ1n) is 7.55. The number of unbranched alkanes of at least 4 members (excludes halogenated alkanes) is 1. The van der Waals surface area contributed by atoms with E-state index in [0.29, 0.717) is 29.9 Å². The van der Waals surface area contributed by atoms with Gasteiger partial charge in [-0.3, -0.25) is 9.59 Å². The third-order valence-electron chi connectivity index (χ3n) is 3.32. The molecule has 0 bridgehead atoms. The van der Waals surface area contributed by atoms with Crippen LogP contribution in [0.25, 0.3) is 0 Å². The number of hydrogen-bond donors (Lipinski definition) is 1. The van der Waals surface area contributed by atoms with Crippen molar-refractivity contribution in [1.82, 2.24) is 0 Å². The lowest BCUT2D eigenvalue weighted by Crippen LogP contribution is -2.11. The third-order valence-corrected chi connectivity index (χ3v) is 3.32. The molecule has 0 aliphatic carbocycles. The summed E-state index contributed by atoms with van der Waals surface area (Å²) in [6.07, 6.45) is 2.61. The highest BCUT2D eigenvalue weighted by molar-refractivity contribution is 5.94. The molecule has 5 nitrogen and oxygen atoms in total. The van der Waals surface area contributed by atoms with Gasteiger partial charge in [0.15, 0.2) is 11.9 Å². The van der Waals surface area contributed by atoms with Gasteiger partial charge in [0.1, 0.15) is 18.1 Å². The lowest BCUT2D eigenvalue weighted by atomic mass is 10.0. The molecule has 1 aromatic heterocycles. The third kappa shape index (κ3) is 5.85. The summed E-state index contributed by atoms with van der Waals surface area (Å²) >= 11 is 0. The Morgan fingerprint density at radius 3 is 2.64 bits per heavy atom. The number of carbonyl (C=O) groups excluding carboxylic acids is 2. The number of furan rings is 1. The van der Waals surface area contributed by atoms with Crippen LogP contribution in [0, 0.1) is 0 Å². The lowest BCUT2D eigenvalue weighted by Gasteiger charge is -2.14. The number of allylic oxidation sites excluding steroid dienone is 1. The van der Waals surface area contributed by atoms with E-state index >= 15 is 0 Å². The molecule has 22 heavy (non-hydrogen) atoms. The number of carbonyl (C=O) groups is 2. The van der Waals surface area contributed by atoms with Gasteiger partial charge in [0.05, 0.1) is 0 Å². The molecule has 0 unspecified atom stereocenters. The first kappa shape index (κ1) is 18.2. The van der Waals surface area contributed by atoms with Crippen LogP contribution < -0.4 is 0 Å². The second-order valence-corrected chi connectivity index (χ2v) is 5.23. The zero-order chi connectivity index (χ0) is 16.5. The highest BCUT2D eigenvalue weighted by Gasteiger charge is 2.21. The molecule has 0 saturated carbocycles. The maximum Gasteiger partial charge on any atom is 0.303 e. The van der Waals surface area contributed by atoms with Crippen LogP contribution in [-0.2, 0) is 20.9 Å². The maximum atomic E-state index is 12.0. The fourth-order valence-corrected chi connectivity index (χ4v) is 2.08. The zero-order valence-corrected chi connectivity index (χ0v) is 13.3. The molecule has 0 spiro atoms. The molecule has 1 atom stereocenters. The number of aliphatic hydroxyl groups excluding tert-OH is 1. The van der Waals surface area contributed by atoms with Crippen LogP contribution in [0.1, 0.15) is 63.6 Å². The Bertz CT molecular complexity index is 515. The first-order valence-corrected chi connectivity index (χ1v) is 7.55. The van der Waals surface area contributed by atoms with Crippen molar-refractivity contribution in [3.8, 4) is 0 Å². The summed E-state index contributed by atoms with van der Waals surface area (Å²) in [6.45, 7) is 6.95. The standard InChI is InChI=1S/C17H24O5/c1-4-5-6-12(2)15(20)8-10-16(21-13(3)19)17-9-7-14(11-18)22-17/h7,9,16,18H,2,4-6,8,10-11H2,1,3H3/t16-/m1/s1. The number of ether oxygens (including phenoxy) is 1. The summed E-state index contributed by atoms with van der Waals surface area (Å²) in [7, 11) is 0. The average molecular weight is 308 g/mol. The van der Waals surface area contributed by atoms with Crippen LogP contribution in [0.5, 0.6) is 0 Å². The Morgan fingerprint density at radius 1 is 1.36 bits per heavy atom. The van der Waals surface area contributed by atoms with Gasteiger partial charge in [-0.1, -0.05) is 19.9 Å². The lowest BCUT2D eigenvalue weighted by molar-refractivity contribution is -0.148. The number of rotatable bonds is 10. The molecular weight excluding hydrogens is 284 g/mol. The Hall–Kier alpha value is -1.88.